The normalized spacial score (nSPS) is 9.82. The number of hydrogen-bond donors (Lipinski definition) is 0. The zero-order valence-corrected chi connectivity index (χ0v) is 5.78. The third kappa shape index (κ3) is 0.890. The molecule has 0 spiro atoms. The van der Waals surface area contributed by atoms with Gasteiger partial charge in [0.15, 0.2) is 0 Å². The average Bonchev–Trinajstić information content (AvgIpc) is 2.50. The summed E-state index contributed by atoms with van der Waals surface area (Å²) in [5.41, 5.74) is 1.27. The van der Waals surface area contributed by atoms with Crippen LogP contribution in [0.25, 0.3) is 10.9 Å². The number of para-hydroxylation sites is 1. The van der Waals surface area contributed by atoms with Gasteiger partial charge in [-0.3, -0.25) is 0 Å². The zero-order chi connectivity index (χ0) is 7.68. The molecule has 0 atom stereocenters. The molecule has 0 unspecified atom stereocenters. The Labute approximate surface area is 64.0 Å². The van der Waals surface area contributed by atoms with Crippen LogP contribution in [0.2, 0.25) is 0 Å². The van der Waals surface area contributed by atoms with Gasteiger partial charge in [0, 0.05) is 0 Å². The van der Waals surface area contributed by atoms with E-state index < -0.39 is 0 Å². The molecule has 0 bridgehead atoms. The summed E-state index contributed by atoms with van der Waals surface area (Å²) in [6.45, 7) is 1.84. The van der Waals surface area contributed by atoms with Crippen molar-refractivity contribution in [3.8, 4) is 0 Å². The van der Waals surface area contributed by atoms with Crippen LogP contribution < -0.4 is 0 Å². The van der Waals surface area contributed by atoms with Gasteiger partial charge in [0.2, 0.25) is 0 Å². The summed E-state index contributed by atoms with van der Waals surface area (Å²) in [7, 11) is 0. The van der Waals surface area contributed by atoms with Crippen LogP contribution in [0.1, 0.15) is 10.4 Å². The summed E-state index contributed by atoms with van der Waals surface area (Å²) in [5, 5.41) is 0.967. The summed E-state index contributed by atoms with van der Waals surface area (Å²) in [4.78, 5) is 10.5. The number of rotatable bonds is 1. The van der Waals surface area contributed by atoms with Gasteiger partial charge in [-0.25, -0.2) is 0 Å². The Bertz CT molecular complexity index is 392. The maximum atomic E-state index is 10.5. The average molecular weight is 144 g/mol. The molecule has 0 N–H and O–H groups in total. The first-order chi connectivity index (χ1) is 5.42. The Hall–Kier alpha value is -1.38. The Balaban J connectivity index is 2.88. The van der Waals surface area contributed by atoms with E-state index >= 15 is 0 Å². The van der Waals surface area contributed by atoms with E-state index in [1.807, 2.05) is 19.0 Å². The molecule has 0 saturated heterocycles. The molecule has 0 fully saturated rings. The molecule has 52 valence electrons. The SMILES string of the molecule is O=Cc1cccc2bcoc12. The Morgan fingerprint density at radius 2 is 2.36 bits per heavy atom. The molecule has 1 aromatic carbocycles. The van der Waals surface area contributed by atoms with Crippen molar-refractivity contribution in [3.05, 3.63) is 29.9 Å². The standard InChI is InChI=1S/C8H5BO2/c10-4-6-2-1-3-7-8(6)11-5-9-7/h1-5H. The number of fused-ring (bicyclic) bond motifs is 1. The maximum absolute atomic E-state index is 10.5. The van der Waals surface area contributed by atoms with Crippen LogP contribution >= 0.6 is 0 Å². The first-order valence-corrected chi connectivity index (χ1v) is 3.33. The van der Waals surface area contributed by atoms with Gasteiger partial charge in [-0.05, 0) is 0 Å². The minimum atomic E-state index is 0.604. The van der Waals surface area contributed by atoms with E-state index in [0.717, 1.165) is 11.6 Å². The summed E-state index contributed by atoms with van der Waals surface area (Å²) in [5.74, 6) is 0. The number of carbonyl (C=O) groups is 1. The van der Waals surface area contributed by atoms with Crippen LogP contribution in [0.15, 0.2) is 28.8 Å². The molecule has 1 heterocycles. The minimum absolute atomic E-state index is 0.604. The van der Waals surface area contributed by atoms with Crippen molar-refractivity contribution >= 4 is 24.1 Å². The molecule has 0 amide bonds. The van der Waals surface area contributed by atoms with Crippen LogP contribution in [0.3, 0.4) is 0 Å². The van der Waals surface area contributed by atoms with Crippen molar-refractivity contribution in [1.82, 2.24) is 0 Å². The van der Waals surface area contributed by atoms with Crippen molar-refractivity contribution in [1.29, 1.82) is 0 Å². The third-order valence-corrected chi connectivity index (χ3v) is 1.64. The van der Waals surface area contributed by atoms with Gasteiger partial charge >= 0.3 is 63.2 Å². The number of carbonyl (C=O) groups excluding carboxylic acids is 1. The molecule has 2 aromatic rings. The first kappa shape index (κ1) is 6.34. The monoisotopic (exact) mass is 144 g/mol. The molecule has 1 aromatic heterocycles. The summed E-state index contributed by atoms with van der Waals surface area (Å²) in [6.07, 6.45) is 2.38. The van der Waals surface area contributed by atoms with Crippen molar-refractivity contribution in [2.24, 2.45) is 0 Å². The van der Waals surface area contributed by atoms with Gasteiger partial charge in [-0.2, -0.15) is 0 Å². The van der Waals surface area contributed by atoms with Gasteiger partial charge in [0.25, 0.3) is 0 Å². The van der Waals surface area contributed by atoms with E-state index in [1.54, 1.807) is 12.2 Å². The second kappa shape index (κ2) is 2.34. The predicted molar refractivity (Wildman–Crippen MR) is 42.9 cm³/mol. The third-order valence-electron chi connectivity index (χ3n) is 1.64. The van der Waals surface area contributed by atoms with Gasteiger partial charge < -0.3 is 0 Å². The van der Waals surface area contributed by atoms with Gasteiger partial charge in [-0.1, -0.05) is 0 Å². The molecule has 0 radical (unpaired) electrons. The second-order valence-electron chi connectivity index (χ2n) is 2.30. The van der Waals surface area contributed by atoms with Crippen molar-refractivity contribution in [3.63, 3.8) is 0 Å². The summed E-state index contributed by atoms with van der Waals surface area (Å²) >= 11 is 0. The van der Waals surface area contributed by atoms with Crippen molar-refractivity contribution < 1.29 is 9.21 Å². The molecule has 0 saturated carbocycles. The summed E-state index contributed by atoms with van der Waals surface area (Å²) in [6, 6.07) is 5.48. The van der Waals surface area contributed by atoms with Crippen LogP contribution in [0.4, 0.5) is 0 Å². The molecular weight excluding hydrogens is 139 g/mol. The fourth-order valence-electron chi connectivity index (χ4n) is 1.11. The van der Waals surface area contributed by atoms with Crippen LogP contribution in [-0.2, 0) is 0 Å². The topological polar surface area (TPSA) is 30.2 Å². The zero-order valence-electron chi connectivity index (χ0n) is 5.78. The second-order valence-corrected chi connectivity index (χ2v) is 2.30. The number of hydrogen-bond acceptors (Lipinski definition) is 2. The predicted octanol–water partition coefficient (Wildman–Crippen LogP) is 1.58. The molecule has 2 nitrogen and oxygen atoms in total. The molecule has 2 rings (SSSR count). The van der Waals surface area contributed by atoms with E-state index in [-0.39, 0.29) is 0 Å². The van der Waals surface area contributed by atoms with Gasteiger partial charge in [0.1, 0.15) is 0 Å². The number of benzene rings is 1. The fraction of sp³-hybridized carbons (Fsp3) is 0. The van der Waals surface area contributed by atoms with Gasteiger partial charge in [-0.15, -0.1) is 0 Å². The van der Waals surface area contributed by atoms with E-state index in [1.165, 1.54) is 0 Å². The van der Waals surface area contributed by atoms with E-state index in [0.29, 0.717) is 11.1 Å². The van der Waals surface area contributed by atoms with Gasteiger partial charge in [0.05, 0.1) is 0 Å². The fourth-order valence-corrected chi connectivity index (χ4v) is 1.11. The molecule has 0 aliphatic rings. The van der Waals surface area contributed by atoms with E-state index in [9.17, 15) is 4.79 Å². The number of aldehydes is 1. The van der Waals surface area contributed by atoms with Crippen LogP contribution in [0, 0.1) is 0 Å². The molecule has 11 heavy (non-hydrogen) atoms. The van der Waals surface area contributed by atoms with Crippen molar-refractivity contribution in [2.75, 3.05) is 0 Å². The molecule has 0 aliphatic heterocycles. The molecule has 3 heteroatoms. The van der Waals surface area contributed by atoms with E-state index in [4.69, 9.17) is 4.42 Å². The Kier molecular flexibility index (Phi) is 1.35. The van der Waals surface area contributed by atoms with E-state index in [2.05, 4.69) is 0 Å². The Morgan fingerprint density at radius 3 is 3.18 bits per heavy atom. The van der Waals surface area contributed by atoms with Crippen LogP contribution in [0.5, 0.6) is 0 Å². The first-order valence-electron chi connectivity index (χ1n) is 3.33. The Morgan fingerprint density at radius 1 is 1.45 bits per heavy atom. The van der Waals surface area contributed by atoms with Crippen LogP contribution in [-0.4, -0.2) is 13.2 Å². The quantitative estimate of drug-likeness (QED) is 0.568. The van der Waals surface area contributed by atoms with Crippen molar-refractivity contribution in [2.45, 2.75) is 0 Å². The molecule has 0 aliphatic carbocycles. The molecular formula is C8H5BO2. The summed E-state index contributed by atoms with van der Waals surface area (Å²) < 4.78 is 5.11.